The van der Waals surface area contributed by atoms with Crippen molar-refractivity contribution in [3.05, 3.63) is 35.6 Å². The molecule has 3 rings (SSSR count). The lowest BCUT2D eigenvalue weighted by Gasteiger charge is -2.22. The number of hydrogen-bond acceptors (Lipinski definition) is 3. The van der Waals surface area contributed by atoms with E-state index >= 15 is 0 Å². The molecule has 1 atom stereocenters. The topological polar surface area (TPSA) is 42.4 Å². The quantitative estimate of drug-likeness (QED) is 0.929. The summed E-state index contributed by atoms with van der Waals surface area (Å²) in [6.07, 6.45) is 2.15. The van der Waals surface area contributed by atoms with E-state index in [2.05, 4.69) is 36.9 Å². The summed E-state index contributed by atoms with van der Waals surface area (Å²) in [6.45, 7) is 8.44. The fraction of sp³-hybridized carbons (Fsp3) is 0.529. The third-order valence-corrected chi connectivity index (χ3v) is 4.61. The molecule has 3 heteroatoms. The van der Waals surface area contributed by atoms with Crippen molar-refractivity contribution in [3.63, 3.8) is 0 Å². The lowest BCUT2D eigenvalue weighted by atomic mass is 9.90. The second kappa shape index (κ2) is 5.23. The number of rotatable bonds is 4. The lowest BCUT2D eigenvalue weighted by Crippen LogP contribution is -2.31. The van der Waals surface area contributed by atoms with Gasteiger partial charge >= 0.3 is 0 Å². The number of furan rings is 1. The van der Waals surface area contributed by atoms with Gasteiger partial charge < -0.3 is 10.2 Å². The van der Waals surface area contributed by atoms with Gasteiger partial charge in [0.25, 0.3) is 0 Å². The van der Waals surface area contributed by atoms with Crippen molar-refractivity contribution >= 4 is 11.0 Å². The Hall–Kier alpha value is -1.32. The minimum absolute atomic E-state index is 0.284. The molecular weight excluding hydrogens is 248 g/mol. The maximum Gasteiger partial charge on any atom is 0.134 e. The first-order chi connectivity index (χ1) is 9.65. The number of nitrogens with zero attached hydrogens (tertiary/aromatic N) is 1. The average Bonchev–Trinajstić information content (AvgIpc) is 3.02. The molecule has 0 bridgehead atoms. The van der Waals surface area contributed by atoms with Crippen molar-refractivity contribution in [1.29, 1.82) is 0 Å². The van der Waals surface area contributed by atoms with E-state index in [1.165, 1.54) is 17.4 Å². The van der Waals surface area contributed by atoms with E-state index < -0.39 is 0 Å². The van der Waals surface area contributed by atoms with Crippen LogP contribution < -0.4 is 5.73 Å². The highest BCUT2D eigenvalue weighted by Crippen LogP contribution is 2.33. The van der Waals surface area contributed by atoms with Crippen LogP contribution in [0, 0.1) is 5.41 Å². The molecule has 1 unspecified atom stereocenters. The number of likely N-dealkylation sites (tertiary alicyclic amines) is 1. The first-order valence-corrected chi connectivity index (χ1v) is 7.57. The van der Waals surface area contributed by atoms with Crippen LogP contribution in [-0.2, 0) is 13.0 Å². The van der Waals surface area contributed by atoms with Crippen LogP contribution in [0.4, 0.5) is 0 Å². The Morgan fingerprint density at radius 3 is 2.85 bits per heavy atom. The highest BCUT2D eigenvalue weighted by molar-refractivity contribution is 5.82. The van der Waals surface area contributed by atoms with Gasteiger partial charge in [-0.25, -0.2) is 0 Å². The third-order valence-electron chi connectivity index (χ3n) is 4.61. The van der Waals surface area contributed by atoms with E-state index in [0.717, 1.165) is 43.9 Å². The summed E-state index contributed by atoms with van der Waals surface area (Å²) in [4.78, 5) is 2.52. The van der Waals surface area contributed by atoms with Gasteiger partial charge in [-0.2, -0.15) is 0 Å². The molecule has 1 aromatic heterocycles. The standard InChI is InChI=1S/C17H24N2O/c1-3-15-14(13-6-4-5-7-16(13)20-15)10-19-9-8-17(2,11-18)12-19/h4-7H,3,8-12,18H2,1-2H3. The zero-order chi connectivity index (χ0) is 14.2. The summed E-state index contributed by atoms with van der Waals surface area (Å²) in [5, 5.41) is 1.27. The fourth-order valence-electron chi connectivity index (χ4n) is 3.26. The van der Waals surface area contributed by atoms with Gasteiger partial charge in [0.2, 0.25) is 0 Å². The molecule has 1 saturated heterocycles. The molecule has 20 heavy (non-hydrogen) atoms. The molecule has 0 spiro atoms. The predicted molar refractivity (Wildman–Crippen MR) is 82.6 cm³/mol. The second-order valence-corrected chi connectivity index (χ2v) is 6.33. The molecule has 0 saturated carbocycles. The number of hydrogen-bond donors (Lipinski definition) is 1. The van der Waals surface area contributed by atoms with Crippen LogP contribution in [0.2, 0.25) is 0 Å². The SMILES string of the molecule is CCc1oc2ccccc2c1CN1CCC(C)(CN)C1. The molecule has 2 N–H and O–H groups in total. The van der Waals surface area contributed by atoms with Gasteiger partial charge in [-0.3, -0.25) is 4.90 Å². The van der Waals surface area contributed by atoms with Crippen LogP contribution in [0.3, 0.4) is 0 Å². The molecule has 3 nitrogen and oxygen atoms in total. The number of aryl methyl sites for hydroxylation is 1. The molecule has 0 radical (unpaired) electrons. The average molecular weight is 272 g/mol. The maximum absolute atomic E-state index is 5.99. The summed E-state index contributed by atoms with van der Waals surface area (Å²) in [5.41, 5.74) is 8.57. The van der Waals surface area contributed by atoms with E-state index in [9.17, 15) is 0 Å². The zero-order valence-electron chi connectivity index (χ0n) is 12.5. The van der Waals surface area contributed by atoms with Crippen LogP contribution in [0.1, 0.15) is 31.6 Å². The van der Waals surface area contributed by atoms with Crippen LogP contribution in [0.25, 0.3) is 11.0 Å². The van der Waals surface area contributed by atoms with Gasteiger partial charge in [0.05, 0.1) is 0 Å². The summed E-state index contributed by atoms with van der Waals surface area (Å²) < 4.78 is 5.99. The van der Waals surface area contributed by atoms with Gasteiger partial charge in [-0.05, 0) is 31.0 Å². The smallest absolute Gasteiger partial charge is 0.134 e. The van der Waals surface area contributed by atoms with Crippen molar-refractivity contribution in [1.82, 2.24) is 4.90 Å². The third kappa shape index (κ3) is 2.36. The molecular formula is C17H24N2O. The van der Waals surface area contributed by atoms with Crippen molar-refractivity contribution in [3.8, 4) is 0 Å². The van der Waals surface area contributed by atoms with E-state index in [-0.39, 0.29) is 5.41 Å². The summed E-state index contributed by atoms with van der Waals surface area (Å²) in [6, 6.07) is 8.36. The van der Waals surface area contributed by atoms with Gasteiger partial charge in [-0.15, -0.1) is 0 Å². The van der Waals surface area contributed by atoms with Gasteiger partial charge in [0.15, 0.2) is 0 Å². The van der Waals surface area contributed by atoms with Crippen LogP contribution >= 0.6 is 0 Å². The van der Waals surface area contributed by atoms with Crippen molar-refractivity contribution < 1.29 is 4.42 Å². The Balaban J connectivity index is 1.87. The molecule has 1 fully saturated rings. The molecule has 2 aromatic rings. The van der Waals surface area contributed by atoms with Crippen LogP contribution in [-0.4, -0.2) is 24.5 Å². The molecule has 1 aliphatic heterocycles. The van der Waals surface area contributed by atoms with Crippen molar-refractivity contribution in [2.24, 2.45) is 11.1 Å². The maximum atomic E-state index is 5.99. The Morgan fingerprint density at radius 1 is 1.35 bits per heavy atom. The molecule has 1 aliphatic rings. The highest BCUT2D eigenvalue weighted by atomic mass is 16.3. The lowest BCUT2D eigenvalue weighted by molar-refractivity contribution is 0.273. The number of nitrogens with two attached hydrogens (primary N) is 1. The summed E-state index contributed by atoms with van der Waals surface area (Å²) >= 11 is 0. The van der Waals surface area contributed by atoms with Crippen LogP contribution in [0.5, 0.6) is 0 Å². The number of para-hydroxylation sites is 1. The van der Waals surface area contributed by atoms with E-state index in [1.807, 2.05) is 6.07 Å². The monoisotopic (exact) mass is 272 g/mol. The molecule has 0 aliphatic carbocycles. The largest absolute Gasteiger partial charge is 0.461 e. The number of fused-ring (bicyclic) bond motifs is 1. The fourth-order valence-corrected chi connectivity index (χ4v) is 3.26. The van der Waals surface area contributed by atoms with Gasteiger partial charge in [-0.1, -0.05) is 32.0 Å². The Morgan fingerprint density at radius 2 is 2.15 bits per heavy atom. The Bertz CT molecular complexity index is 604. The molecule has 108 valence electrons. The van der Waals surface area contributed by atoms with Gasteiger partial charge in [0, 0.05) is 30.5 Å². The minimum Gasteiger partial charge on any atom is -0.461 e. The first-order valence-electron chi connectivity index (χ1n) is 7.57. The summed E-state index contributed by atoms with van der Waals surface area (Å²) in [7, 11) is 0. The number of benzene rings is 1. The Kier molecular flexibility index (Phi) is 3.57. The molecule has 1 aromatic carbocycles. The normalized spacial score (nSPS) is 23.8. The van der Waals surface area contributed by atoms with E-state index in [0.29, 0.717) is 0 Å². The highest BCUT2D eigenvalue weighted by Gasteiger charge is 2.33. The zero-order valence-corrected chi connectivity index (χ0v) is 12.5. The van der Waals surface area contributed by atoms with Crippen molar-refractivity contribution in [2.45, 2.75) is 33.2 Å². The minimum atomic E-state index is 0.284. The van der Waals surface area contributed by atoms with E-state index in [1.54, 1.807) is 0 Å². The molecule has 2 heterocycles. The second-order valence-electron chi connectivity index (χ2n) is 6.33. The predicted octanol–water partition coefficient (Wildman–Crippen LogP) is 3.17. The molecule has 0 amide bonds. The van der Waals surface area contributed by atoms with Gasteiger partial charge in [0.1, 0.15) is 11.3 Å². The first kappa shape index (κ1) is 13.7. The summed E-state index contributed by atoms with van der Waals surface area (Å²) in [5.74, 6) is 1.13. The van der Waals surface area contributed by atoms with Crippen LogP contribution in [0.15, 0.2) is 28.7 Å². The van der Waals surface area contributed by atoms with Crippen molar-refractivity contribution in [2.75, 3.05) is 19.6 Å². The van der Waals surface area contributed by atoms with E-state index in [4.69, 9.17) is 10.2 Å². The Labute approximate surface area is 120 Å².